The number of amides is 2. The van der Waals surface area contributed by atoms with Crippen molar-refractivity contribution in [3.63, 3.8) is 0 Å². The van der Waals surface area contributed by atoms with Crippen molar-refractivity contribution in [1.29, 1.82) is 0 Å². The molecule has 1 aromatic rings. The molecular weight excluding hydrogens is 250 g/mol. The summed E-state index contributed by atoms with van der Waals surface area (Å²) in [5.74, 6) is -0.653. The van der Waals surface area contributed by atoms with Crippen LogP contribution < -0.4 is 0 Å². The molecule has 1 aromatic carbocycles. The first-order valence-corrected chi connectivity index (χ1v) is 5.53. The van der Waals surface area contributed by atoms with Crippen molar-refractivity contribution < 1.29 is 14.5 Å². The molecule has 0 aromatic heterocycles. The van der Waals surface area contributed by atoms with Crippen LogP contribution in [0.3, 0.4) is 0 Å². The lowest BCUT2D eigenvalue weighted by atomic mass is 10.2. The number of carbonyl (C=O) groups is 2. The summed E-state index contributed by atoms with van der Waals surface area (Å²) in [5.41, 5.74) is 0.0291. The predicted octanol–water partition coefficient (Wildman–Crippen LogP) is 0.755. The summed E-state index contributed by atoms with van der Waals surface area (Å²) in [6.07, 6.45) is 0. The number of likely N-dealkylation sites (N-methyl/N-ethyl adjacent to an activating group) is 2. The van der Waals surface area contributed by atoms with Crippen molar-refractivity contribution in [2.24, 2.45) is 0 Å². The standard InChI is InChI=1S/C12H15N3O4/c1-13(2)11(16)8-14(3)12(17)9-5-4-6-10(7-9)15(18)19/h4-7H,8H2,1-3H3. The minimum absolute atomic E-state index is 0.0749. The summed E-state index contributed by atoms with van der Waals surface area (Å²) in [7, 11) is 4.66. The second-order valence-corrected chi connectivity index (χ2v) is 4.26. The van der Waals surface area contributed by atoms with Crippen molar-refractivity contribution in [3.8, 4) is 0 Å². The first-order chi connectivity index (χ1) is 8.82. The number of carbonyl (C=O) groups excluding carboxylic acids is 2. The predicted molar refractivity (Wildman–Crippen MR) is 68.8 cm³/mol. The van der Waals surface area contributed by atoms with Gasteiger partial charge in [0.25, 0.3) is 11.6 Å². The smallest absolute Gasteiger partial charge is 0.270 e. The van der Waals surface area contributed by atoms with Crippen LogP contribution in [0.5, 0.6) is 0 Å². The molecule has 7 nitrogen and oxygen atoms in total. The monoisotopic (exact) mass is 265 g/mol. The minimum atomic E-state index is -0.568. The molecule has 1 rings (SSSR count). The fourth-order valence-electron chi connectivity index (χ4n) is 1.39. The van der Waals surface area contributed by atoms with Gasteiger partial charge in [-0.3, -0.25) is 19.7 Å². The van der Waals surface area contributed by atoms with E-state index in [2.05, 4.69) is 0 Å². The lowest BCUT2D eigenvalue weighted by Crippen LogP contribution is -2.37. The van der Waals surface area contributed by atoms with Gasteiger partial charge in [-0.25, -0.2) is 0 Å². The number of nitro groups is 1. The quantitative estimate of drug-likeness (QED) is 0.594. The van der Waals surface area contributed by atoms with E-state index in [-0.39, 0.29) is 23.7 Å². The summed E-state index contributed by atoms with van der Waals surface area (Å²) >= 11 is 0. The van der Waals surface area contributed by atoms with Gasteiger partial charge >= 0.3 is 0 Å². The summed E-state index contributed by atoms with van der Waals surface area (Å²) in [4.78, 5) is 36.2. The summed E-state index contributed by atoms with van der Waals surface area (Å²) < 4.78 is 0. The highest BCUT2D eigenvalue weighted by molar-refractivity contribution is 5.96. The van der Waals surface area contributed by atoms with Crippen LogP contribution in [0.25, 0.3) is 0 Å². The van der Waals surface area contributed by atoms with Crippen molar-refractivity contribution in [2.75, 3.05) is 27.7 Å². The van der Waals surface area contributed by atoms with Crippen LogP contribution in [0.1, 0.15) is 10.4 Å². The van der Waals surface area contributed by atoms with Crippen LogP contribution in [0.15, 0.2) is 24.3 Å². The van der Waals surface area contributed by atoms with Gasteiger partial charge < -0.3 is 9.80 Å². The number of nitrogens with zero attached hydrogens (tertiary/aromatic N) is 3. The molecule has 0 atom stereocenters. The average Bonchev–Trinajstić information content (AvgIpc) is 2.37. The van der Waals surface area contributed by atoms with Crippen LogP contribution >= 0.6 is 0 Å². The third-order valence-electron chi connectivity index (χ3n) is 2.52. The first kappa shape index (κ1) is 14.6. The Bertz CT molecular complexity index is 513. The maximum Gasteiger partial charge on any atom is 0.270 e. The van der Waals surface area contributed by atoms with Gasteiger partial charge in [0.2, 0.25) is 5.91 Å². The third-order valence-corrected chi connectivity index (χ3v) is 2.52. The molecule has 2 amide bonds. The van der Waals surface area contributed by atoms with E-state index < -0.39 is 10.8 Å². The Morgan fingerprint density at radius 3 is 2.42 bits per heavy atom. The summed E-state index contributed by atoms with van der Waals surface area (Å²) in [6.45, 7) is -0.0749. The highest BCUT2D eigenvalue weighted by Gasteiger charge is 2.17. The fourth-order valence-corrected chi connectivity index (χ4v) is 1.39. The molecule has 0 aliphatic rings. The van der Waals surface area contributed by atoms with Crippen molar-refractivity contribution in [3.05, 3.63) is 39.9 Å². The molecule has 19 heavy (non-hydrogen) atoms. The maximum absolute atomic E-state index is 12.0. The largest absolute Gasteiger partial charge is 0.347 e. The number of benzene rings is 1. The third kappa shape index (κ3) is 3.77. The van der Waals surface area contributed by atoms with Gasteiger partial charge in [0.15, 0.2) is 0 Å². The van der Waals surface area contributed by atoms with Gasteiger partial charge in [-0.2, -0.15) is 0 Å². The van der Waals surface area contributed by atoms with E-state index in [4.69, 9.17) is 0 Å². The average molecular weight is 265 g/mol. The van der Waals surface area contributed by atoms with Crippen LogP contribution in [0, 0.1) is 10.1 Å². The second kappa shape index (κ2) is 5.94. The van der Waals surface area contributed by atoms with E-state index in [0.29, 0.717) is 0 Å². The zero-order valence-electron chi connectivity index (χ0n) is 11.0. The Hall–Kier alpha value is -2.44. The van der Waals surface area contributed by atoms with E-state index in [9.17, 15) is 19.7 Å². The molecule has 0 unspecified atom stereocenters. The van der Waals surface area contributed by atoms with Crippen LogP contribution in [-0.4, -0.2) is 54.2 Å². The van der Waals surface area contributed by atoms with Gasteiger partial charge in [0, 0.05) is 38.8 Å². The minimum Gasteiger partial charge on any atom is -0.347 e. The molecule has 0 N–H and O–H groups in total. The second-order valence-electron chi connectivity index (χ2n) is 4.26. The number of non-ortho nitro benzene ring substituents is 1. The highest BCUT2D eigenvalue weighted by atomic mass is 16.6. The molecule has 0 aliphatic heterocycles. The molecule has 0 saturated heterocycles. The molecule has 0 spiro atoms. The van der Waals surface area contributed by atoms with Crippen molar-refractivity contribution in [2.45, 2.75) is 0 Å². The lowest BCUT2D eigenvalue weighted by molar-refractivity contribution is -0.384. The zero-order valence-corrected chi connectivity index (χ0v) is 11.0. The Morgan fingerprint density at radius 2 is 1.89 bits per heavy atom. The highest BCUT2D eigenvalue weighted by Crippen LogP contribution is 2.14. The van der Waals surface area contributed by atoms with Gasteiger partial charge in [-0.05, 0) is 6.07 Å². The van der Waals surface area contributed by atoms with Crippen LogP contribution in [0.2, 0.25) is 0 Å². The molecular formula is C12H15N3O4. The number of hydrogen-bond acceptors (Lipinski definition) is 4. The van der Waals surface area contributed by atoms with E-state index in [1.54, 1.807) is 14.1 Å². The molecule has 0 saturated carbocycles. The Balaban J connectivity index is 2.85. The molecule has 0 heterocycles. The first-order valence-electron chi connectivity index (χ1n) is 5.53. The summed E-state index contributed by atoms with van der Waals surface area (Å²) in [5, 5.41) is 10.6. The number of nitro benzene ring substituents is 1. The van der Waals surface area contributed by atoms with E-state index in [1.807, 2.05) is 0 Å². The van der Waals surface area contributed by atoms with E-state index >= 15 is 0 Å². The van der Waals surface area contributed by atoms with Crippen LogP contribution in [0.4, 0.5) is 5.69 Å². The maximum atomic E-state index is 12.0. The molecule has 0 radical (unpaired) electrons. The zero-order chi connectivity index (χ0) is 14.6. The number of hydrogen-bond donors (Lipinski definition) is 0. The number of rotatable bonds is 4. The fraction of sp³-hybridized carbons (Fsp3) is 0.333. The Kier molecular flexibility index (Phi) is 4.57. The van der Waals surface area contributed by atoms with Gasteiger partial charge in [-0.1, -0.05) is 6.07 Å². The van der Waals surface area contributed by atoms with Crippen LogP contribution in [-0.2, 0) is 4.79 Å². The summed E-state index contributed by atoms with van der Waals surface area (Å²) in [6, 6.07) is 5.42. The molecule has 0 bridgehead atoms. The molecule has 0 fully saturated rings. The molecule has 7 heteroatoms. The topological polar surface area (TPSA) is 83.8 Å². The molecule has 0 aliphatic carbocycles. The Labute approximate surface area is 110 Å². The lowest BCUT2D eigenvalue weighted by Gasteiger charge is -2.19. The van der Waals surface area contributed by atoms with Crippen molar-refractivity contribution in [1.82, 2.24) is 9.80 Å². The van der Waals surface area contributed by atoms with Crippen molar-refractivity contribution >= 4 is 17.5 Å². The normalized spacial score (nSPS) is 9.84. The SMILES string of the molecule is CN(C)C(=O)CN(C)C(=O)c1cccc([N+](=O)[O-])c1. The van der Waals surface area contributed by atoms with Gasteiger partial charge in [0.05, 0.1) is 11.5 Å². The van der Waals surface area contributed by atoms with Gasteiger partial charge in [0.1, 0.15) is 0 Å². The van der Waals surface area contributed by atoms with Gasteiger partial charge in [-0.15, -0.1) is 0 Å². The van der Waals surface area contributed by atoms with E-state index in [0.717, 1.165) is 0 Å². The Morgan fingerprint density at radius 1 is 1.26 bits per heavy atom. The molecule has 102 valence electrons. The van der Waals surface area contributed by atoms with E-state index in [1.165, 1.54) is 41.1 Å².